The number of esters is 1. The van der Waals surface area contributed by atoms with Gasteiger partial charge in [0.05, 0.1) is 5.56 Å². The zero-order valence-electron chi connectivity index (χ0n) is 14.0. The van der Waals surface area contributed by atoms with Gasteiger partial charge in [-0.1, -0.05) is 12.1 Å². The minimum Gasteiger partial charge on any atom is -0.449 e. The molecule has 25 heavy (non-hydrogen) atoms. The van der Waals surface area contributed by atoms with Crippen LogP contribution in [0.25, 0.3) is 0 Å². The summed E-state index contributed by atoms with van der Waals surface area (Å²) in [4.78, 5) is 24.4. The number of halogens is 1. The predicted octanol–water partition coefficient (Wildman–Crippen LogP) is 3.89. The number of hydrogen-bond acceptors (Lipinski definition) is 3. The Balaban J connectivity index is 1.62. The van der Waals surface area contributed by atoms with Crippen LogP contribution < -0.4 is 5.32 Å². The second-order valence-electron chi connectivity index (χ2n) is 6.24. The predicted molar refractivity (Wildman–Crippen MR) is 93.0 cm³/mol. The van der Waals surface area contributed by atoms with E-state index >= 15 is 0 Å². The first-order valence-electron chi connectivity index (χ1n) is 8.42. The third-order valence-electron chi connectivity index (χ3n) is 4.33. The SMILES string of the molecule is C[C@@H](OC(=O)c1ccc2c(c1)CCCC2)C(=O)Nc1cccc(F)c1. The first-order chi connectivity index (χ1) is 12.0. The van der Waals surface area contributed by atoms with E-state index in [1.165, 1.54) is 42.7 Å². The molecule has 0 heterocycles. The van der Waals surface area contributed by atoms with E-state index in [2.05, 4.69) is 5.32 Å². The normalized spacial score (nSPS) is 14.3. The fourth-order valence-electron chi connectivity index (χ4n) is 2.95. The molecule has 0 radical (unpaired) electrons. The van der Waals surface area contributed by atoms with E-state index in [1.54, 1.807) is 12.1 Å². The van der Waals surface area contributed by atoms with Gasteiger partial charge in [-0.15, -0.1) is 0 Å². The molecule has 4 nitrogen and oxygen atoms in total. The Kier molecular flexibility index (Phi) is 5.12. The largest absolute Gasteiger partial charge is 0.449 e. The van der Waals surface area contributed by atoms with E-state index < -0.39 is 23.8 Å². The summed E-state index contributed by atoms with van der Waals surface area (Å²) in [7, 11) is 0. The van der Waals surface area contributed by atoms with Crippen LogP contribution in [-0.4, -0.2) is 18.0 Å². The third kappa shape index (κ3) is 4.24. The minimum absolute atomic E-state index is 0.321. The lowest BCUT2D eigenvalue weighted by Crippen LogP contribution is -2.30. The molecule has 1 aliphatic carbocycles. The highest BCUT2D eigenvalue weighted by molar-refractivity contribution is 5.97. The number of benzene rings is 2. The maximum absolute atomic E-state index is 13.2. The van der Waals surface area contributed by atoms with E-state index in [-0.39, 0.29) is 0 Å². The molecule has 1 amide bonds. The Labute approximate surface area is 146 Å². The number of amides is 1. The molecular weight excluding hydrogens is 321 g/mol. The first kappa shape index (κ1) is 17.1. The zero-order chi connectivity index (χ0) is 17.8. The topological polar surface area (TPSA) is 55.4 Å². The van der Waals surface area contributed by atoms with Crippen LogP contribution in [0.1, 0.15) is 41.3 Å². The molecule has 0 unspecified atom stereocenters. The van der Waals surface area contributed by atoms with Gasteiger partial charge in [-0.2, -0.15) is 0 Å². The Bertz CT molecular complexity index is 803. The quantitative estimate of drug-likeness (QED) is 0.859. The van der Waals surface area contributed by atoms with Gasteiger partial charge in [0.25, 0.3) is 5.91 Å². The van der Waals surface area contributed by atoms with E-state index in [0.29, 0.717) is 11.3 Å². The number of hydrogen-bond donors (Lipinski definition) is 1. The van der Waals surface area contributed by atoms with E-state index in [0.717, 1.165) is 19.3 Å². The van der Waals surface area contributed by atoms with E-state index in [4.69, 9.17) is 4.74 Å². The van der Waals surface area contributed by atoms with Crippen LogP contribution >= 0.6 is 0 Å². The smallest absolute Gasteiger partial charge is 0.338 e. The highest BCUT2D eigenvalue weighted by atomic mass is 19.1. The molecule has 130 valence electrons. The summed E-state index contributed by atoms with van der Waals surface area (Å²) in [5.74, 6) is -1.48. The van der Waals surface area contributed by atoms with Gasteiger partial charge < -0.3 is 10.1 Å². The molecule has 0 fully saturated rings. The molecule has 3 rings (SSSR count). The number of carbonyl (C=O) groups excluding carboxylic acids is 2. The van der Waals surface area contributed by atoms with Crippen molar-refractivity contribution in [3.05, 3.63) is 65.0 Å². The Morgan fingerprint density at radius 3 is 2.60 bits per heavy atom. The van der Waals surface area contributed by atoms with Crippen molar-refractivity contribution < 1.29 is 18.7 Å². The fraction of sp³-hybridized carbons (Fsp3) is 0.300. The highest BCUT2D eigenvalue weighted by Crippen LogP contribution is 2.22. The Morgan fingerprint density at radius 2 is 1.84 bits per heavy atom. The van der Waals surface area contributed by atoms with Crippen molar-refractivity contribution in [3.63, 3.8) is 0 Å². The van der Waals surface area contributed by atoms with Gasteiger partial charge in [-0.25, -0.2) is 9.18 Å². The lowest BCUT2D eigenvalue weighted by Gasteiger charge is -2.17. The summed E-state index contributed by atoms with van der Waals surface area (Å²) >= 11 is 0. The van der Waals surface area contributed by atoms with Crippen LogP contribution in [0.4, 0.5) is 10.1 Å². The fourth-order valence-corrected chi connectivity index (χ4v) is 2.95. The molecule has 0 saturated carbocycles. The summed E-state index contributed by atoms with van der Waals surface area (Å²) < 4.78 is 18.4. The molecule has 0 aromatic heterocycles. The number of nitrogens with one attached hydrogen (secondary N) is 1. The summed E-state index contributed by atoms with van der Waals surface area (Å²) in [5, 5.41) is 2.53. The average molecular weight is 341 g/mol. The maximum Gasteiger partial charge on any atom is 0.338 e. The number of aryl methyl sites for hydroxylation is 2. The van der Waals surface area contributed by atoms with Gasteiger partial charge in [-0.05, 0) is 74.1 Å². The van der Waals surface area contributed by atoms with Gasteiger partial charge in [0.1, 0.15) is 5.82 Å². The standard InChI is InChI=1S/C20H20FNO3/c1-13(19(23)22-18-8-4-7-17(21)12-18)25-20(24)16-10-9-14-5-2-3-6-15(14)11-16/h4,7-13H,2-3,5-6H2,1H3,(H,22,23)/t13-/m1/s1. The number of carbonyl (C=O) groups is 2. The summed E-state index contributed by atoms with van der Waals surface area (Å²) in [6, 6.07) is 11.1. The second kappa shape index (κ2) is 7.47. The summed E-state index contributed by atoms with van der Waals surface area (Å²) in [6.07, 6.45) is 3.32. The molecule has 1 atom stereocenters. The molecule has 0 bridgehead atoms. The molecule has 2 aromatic rings. The molecule has 1 aliphatic rings. The molecule has 2 aromatic carbocycles. The van der Waals surface area contributed by atoms with E-state index in [9.17, 15) is 14.0 Å². The second-order valence-corrected chi connectivity index (χ2v) is 6.24. The van der Waals surface area contributed by atoms with Crippen LogP contribution in [0.5, 0.6) is 0 Å². The third-order valence-corrected chi connectivity index (χ3v) is 4.33. The van der Waals surface area contributed by atoms with Crippen molar-refractivity contribution in [2.75, 3.05) is 5.32 Å². The van der Waals surface area contributed by atoms with Gasteiger partial charge in [0.2, 0.25) is 0 Å². The van der Waals surface area contributed by atoms with Crippen LogP contribution in [0, 0.1) is 5.82 Å². The van der Waals surface area contributed by atoms with Crippen molar-refractivity contribution in [2.45, 2.75) is 38.7 Å². The van der Waals surface area contributed by atoms with Crippen LogP contribution in [0.15, 0.2) is 42.5 Å². The number of anilines is 1. The molecule has 0 aliphatic heterocycles. The van der Waals surface area contributed by atoms with E-state index in [1.807, 2.05) is 12.1 Å². The van der Waals surface area contributed by atoms with Crippen molar-refractivity contribution >= 4 is 17.6 Å². The van der Waals surface area contributed by atoms with Gasteiger partial charge in [0, 0.05) is 5.69 Å². The lowest BCUT2D eigenvalue weighted by atomic mass is 9.90. The Hall–Kier alpha value is -2.69. The van der Waals surface area contributed by atoms with Crippen molar-refractivity contribution in [1.29, 1.82) is 0 Å². The molecule has 5 heteroatoms. The molecular formula is C20H20FNO3. The summed E-state index contributed by atoms with van der Waals surface area (Å²) in [6.45, 7) is 1.49. The van der Waals surface area contributed by atoms with Gasteiger partial charge >= 0.3 is 5.97 Å². The molecule has 0 spiro atoms. The van der Waals surface area contributed by atoms with Gasteiger partial charge in [0.15, 0.2) is 6.10 Å². The number of fused-ring (bicyclic) bond motifs is 1. The minimum atomic E-state index is -0.980. The van der Waals surface area contributed by atoms with Crippen LogP contribution in [-0.2, 0) is 22.4 Å². The molecule has 0 saturated heterocycles. The summed E-state index contributed by atoms with van der Waals surface area (Å²) in [5.41, 5.74) is 3.23. The maximum atomic E-state index is 13.2. The highest BCUT2D eigenvalue weighted by Gasteiger charge is 2.20. The average Bonchev–Trinajstić information content (AvgIpc) is 2.61. The number of ether oxygens (including phenoxy) is 1. The van der Waals surface area contributed by atoms with Crippen molar-refractivity contribution in [2.24, 2.45) is 0 Å². The monoisotopic (exact) mass is 341 g/mol. The number of rotatable bonds is 4. The first-order valence-corrected chi connectivity index (χ1v) is 8.42. The van der Waals surface area contributed by atoms with Gasteiger partial charge in [-0.3, -0.25) is 4.79 Å². The zero-order valence-corrected chi connectivity index (χ0v) is 14.0. The van der Waals surface area contributed by atoms with Crippen LogP contribution in [0.3, 0.4) is 0 Å². The van der Waals surface area contributed by atoms with Crippen LogP contribution in [0.2, 0.25) is 0 Å². The molecule has 1 N–H and O–H groups in total. The Morgan fingerprint density at radius 1 is 1.08 bits per heavy atom. The van der Waals surface area contributed by atoms with Crippen molar-refractivity contribution in [1.82, 2.24) is 0 Å². The van der Waals surface area contributed by atoms with Crippen molar-refractivity contribution in [3.8, 4) is 0 Å². The lowest BCUT2D eigenvalue weighted by molar-refractivity contribution is -0.123.